The van der Waals surface area contributed by atoms with E-state index in [1.54, 1.807) is 17.0 Å². The average Bonchev–Trinajstić information content (AvgIpc) is 3.02. The molecule has 2 aromatic carbocycles. The van der Waals surface area contributed by atoms with Gasteiger partial charge in [0, 0.05) is 33.4 Å². The molecule has 1 aliphatic carbocycles. The predicted molar refractivity (Wildman–Crippen MR) is 121 cm³/mol. The highest BCUT2D eigenvalue weighted by Crippen LogP contribution is 2.55. The molecule has 2 aromatic rings. The number of hydrogen-bond donors (Lipinski definition) is 2. The zero-order valence-electron chi connectivity index (χ0n) is 16.8. The second kappa shape index (κ2) is 6.82. The number of carbonyl (C=O) groups is 2. The van der Waals surface area contributed by atoms with Gasteiger partial charge >= 0.3 is 0 Å². The summed E-state index contributed by atoms with van der Waals surface area (Å²) in [5.41, 5.74) is 9.23. The van der Waals surface area contributed by atoms with Crippen LogP contribution in [0.15, 0.2) is 69.6 Å². The third-order valence-electron chi connectivity index (χ3n) is 6.33. The number of para-hydroxylation sites is 1. The van der Waals surface area contributed by atoms with Crippen LogP contribution in [-0.2, 0) is 15.0 Å². The number of nitriles is 1. The Bertz CT molecular complexity index is 1290. The third kappa shape index (κ3) is 2.48. The molecule has 7 heteroatoms. The summed E-state index contributed by atoms with van der Waals surface area (Å²) in [5, 5.41) is 13.1. The summed E-state index contributed by atoms with van der Waals surface area (Å²) in [7, 11) is 0. The van der Waals surface area contributed by atoms with Crippen molar-refractivity contribution in [2.45, 2.75) is 31.6 Å². The van der Waals surface area contributed by atoms with Crippen molar-refractivity contribution < 1.29 is 9.59 Å². The number of halogens is 1. The Morgan fingerprint density at radius 1 is 1.19 bits per heavy atom. The number of anilines is 2. The number of fused-ring (bicyclic) bond motifs is 3. The maximum Gasteiger partial charge on any atom is 0.245 e. The molecule has 31 heavy (non-hydrogen) atoms. The second-order valence-corrected chi connectivity index (χ2v) is 8.90. The Labute approximate surface area is 188 Å². The van der Waals surface area contributed by atoms with Crippen molar-refractivity contribution in [3.8, 4) is 6.07 Å². The van der Waals surface area contributed by atoms with E-state index in [0.717, 1.165) is 15.7 Å². The van der Waals surface area contributed by atoms with Crippen molar-refractivity contribution in [2.24, 2.45) is 5.73 Å². The Kier molecular flexibility index (Phi) is 4.31. The summed E-state index contributed by atoms with van der Waals surface area (Å²) in [6.45, 7) is 1.95. The Morgan fingerprint density at radius 3 is 2.71 bits per heavy atom. The van der Waals surface area contributed by atoms with Gasteiger partial charge in [0.25, 0.3) is 0 Å². The lowest BCUT2D eigenvalue weighted by molar-refractivity contribution is -0.122. The molecule has 154 valence electrons. The molecule has 0 aromatic heterocycles. The minimum Gasteiger partial charge on any atom is -0.384 e. The van der Waals surface area contributed by atoms with E-state index in [2.05, 4.69) is 27.3 Å². The van der Waals surface area contributed by atoms with Gasteiger partial charge in [0.15, 0.2) is 5.78 Å². The number of nitrogens with two attached hydrogens (primary N) is 1. The second-order valence-electron chi connectivity index (χ2n) is 7.99. The Hall–Kier alpha value is -3.37. The van der Waals surface area contributed by atoms with Gasteiger partial charge in [0.1, 0.15) is 17.3 Å². The average molecular weight is 475 g/mol. The van der Waals surface area contributed by atoms with Crippen LogP contribution in [0.25, 0.3) is 0 Å². The van der Waals surface area contributed by atoms with Gasteiger partial charge in [-0.15, -0.1) is 0 Å². The number of ketones is 1. The lowest BCUT2D eigenvalue weighted by Crippen LogP contribution is -2.50. The van der Waals surface area contributed by atoms with Crippen molar-refractivity contribution in [1.29, 1.82) is 5.26 Å². The molecule has 0 bridgehead atoms. The molecule has 1 spiro atoms. The number of allylic oxidation sites excluding steroid dienone is 1. The topological polar surface area (TPSA) is 99.2 Å². The van der Waals surface area contributed by atoms with E-state index < -0.39 is 11.3 Å². The third-order valence-corrected chi connectivity index (χ3v) is 6.83. The van der Waals surface area contributed by atoms with Crippen LogP contribution in [0, 0.1) is 18.3 Å². The number of nitrogens with zero attached hydrogens (tertiary/aromatic N) is 2. The highest BCUT2D eigenvalue weighted by Gasteiger charge is 2.60. The minimum absolute atomic E-state index is 0.0891. The lowest BCUT2D eigenvalue weighted by atomic mass is 9.64. The first-order valence-electron chi connectivity index (χ1n) is 10.1. The maximum absolute atomic E-state index is 13.5. The molecule has 3 N–H and O–H groups in total. The fraction of sp³-hybridized carbons (Fsp3) is 0.208. The molecule has 6 nitrogen and oxygen atoms in total. The molecule has 0 saturated heterocycles. The molecular weight excluding hydrogens is 456 g/mol. The fourth-order valence-electron chi connectivity index (χ4n) is 5.09. The molecule has 0 saturated carbocycles. The molecule has 0 radical (unpaired) electrons. The molecule has 1 amide bonds. The summed E-state index contributed by atoms with van der Waals surface area (Å²) in [6, 6.07) is 15.2. The summed E-state index contributed by atoms with van der Waals surface area (Å²) in [6.07, 6.45) is 1.59. The summed E-state index contributed by atoms with van der Waals surface area (Å²) in [4.78, 5) is 28.7. The molecular formula is C24H19BrN4O2. The van der Waals surface area contributed by atoms with Crippen LogP contribution in [0.3, 0.4) is 0 Å². The van der Waals surface area contributed by atoms with Gasteiger partial charge in [0.05, 0.1) is 11.3 Å². The number of rotatable bonds is 1. The summed E-state index contributed by atoms with van der Waals surface area (Å²) < 4.78 is 0.920. The van der Waals surface area contributed by atoms with Crippen molar-refractivity contribution in [3.63, 3.8) is 0 Å². The number of benzene rings is 2. The molecule has 3 aliphatic rings. The normalized spacial score (nSPS) is 22.4. The van der Waals surface area contributed by atoms with Gasteiger partial charge in [-0.3, -0.25) is 14.5 Å². The van der Waals surface area contributed by atoms with Crippen molar-refractivity contribution in [2.75, 3.05) is 10.2 Å². The van der Waals surface area contributed by atoms with E-state index in [9.17, 15) is 14.9 Å². The van der Waals surface area contributed by atoms with Crippen molar-refractivity contribution in [3.05, 3.63) is 80.7 Å². The number of hydrogen-bond acceptors (Lipinski definition) is 5. The standard InChI is InChI=1S/C24H19BrN4O2/c1-13-11-14(25)9-10-18(13)29-19-7-4-8-20(30)21(19)24(16(12-26)22(29)27)15-5-2-3-6-17(15)28-23(24)31/h2-3,5-6,9-11H,4,7-8,27H2,1H3,(H,28,31). The fourth-order valence-corrected chi connectivity index (χ4v) is 5.57. The van der Waals surface area contributed by atoms with E-state index in [0.29, 0.717) is 41.8 Å². The van der Waals surface area contributed by atoms with E-state index >= 15 is 0 Å². The van der Waals surface area contributed by atoms with Crippen molar-refractivity contribution in [1.82, 2.24) is 0 Å². The Balaban J connectivity index is 1.89. The van der Waals surface area contributed by atoms with Crippen molar-refractivity contribution >= 4 is 39.0 Å². The van der Waals surface area contributed by atoms with Crippen LogP contribution < -0.4 is 16.0 Å². The van der Waals surface area contributed by atoms with E-state index in [1.165, 1.54) is 0 Å². The van der Waals surface area contributed by atoms with Crippen LogP contribution in [0.2, 0.25) is 0 Å². The van der Waals surface area contributed by atoms with Crippen LogP contribution >= 0.6 is 15.9 Å². The number of aryl methyl sites for hydroxylation is 1. The first-order valence-corrected chi connectivity index (χ1v) is 10.8. The number of nitrogens with one attached hydrogen (secondary N) is 1. The first kappa shape index (κ1) is 19.6. The van der Waals surface area contributed by atoms with Crippen LogP contribution in [0.5, 0.6) is 0 Å². The maximum atomic E-state index is 13.5. The highest BCUT2D eigenvalue weighted by atomic mass is 79.9. The van der Waals surface area contributed by atoms with Crippen LogP contribution in [0.1, 0.15) is 30.4 Å². The minimum atomic E-state index is -1.51. The molecule has 1 unspecified atom stereocenters. The van der Waals surface area contributed by atoms with Gasteiger partial charge < -0.3 is 11.1 Å². The number of carbonyl (C=O) groups excluding carboxylic acids is 2. The number of amides is 1. The van der Waals surface area contributed by atoms with E-state index in [-0.39, 0.29) is 17.2 Å². The zero-order valence-corrected chi connectivity index (χ0v) is 18.4. The smallest absolute Gasteiger partial charge is 0.245 e. The molecule has 1 atom stereocenters. The van der Waals surface area contributed by atoms with Gasteiger partial charge in [-0.1, -0.05) is 34.1 Å². The van der Waals surface area contributed by atoms with Gasteiger partial charge in [0.2, 0.25) is 5.91 Å². The highest BCUT2D eigenvalue weighted by molar-refractivity contribution is 9.10. The SMILES string of the molecule is Cc1cc(Br)ccc1N1C(N)=C(C#N)C2(C(=O)Nc3ccccc32)C2=C1CCCC2=O. The lowest BCUT2D eigenvalue weighted by Gasteiger charge is -2.43. The van der Waals surface area contributed by atoms with Gasteiger partial charge in [-0.05, 0) is 49.6 Å². The molecule has 5 rings (SSSR count). The van der Waals surface area contributed by atoms with E-state index in [1.807, 2.05) is 37.3 Å². The molecule has 2 heterocycles. The van der Waals surface area contributed by atoms with Gasteiger partial charge in [-0.2, -0.15) is 5.26 Å². The first-order chi connectivity index (χ1) is 14.9. The predicted octanol–water partition coefficient (Wildman–Crippen LogP) is 4.17. The van der Waals surface area contributed by atoms with Crippen LogP contribution in [-0.4, -0.2) is 11.7 Å². The van der Waals surface area contributed by atoms with Crippen LogP contribution in [0.4, 0.5) is 11.4 Å². The quantitative estimate of drug-likeness (QED) is 0.645. The molecule has 0 fully saturated rings. The Morgan fingerprint density at radius 2 is 1.97 bits per heavy atom. The zero-order chi connectivity index (χ0) is 21.9. The monoisotopic (exact) mass is 474 g/mol. The molecule has 2 aliphatic heterocycles. The number of Topliss-reactive ketones (excluding diaryl/α,β-unsaturated/α-hetero) is 1. The van der Waals surface area contributed by atoms with E-state index in [4.69, 9.17) is 5.73 Å². The summed E-state index contributed by atoms with van der Waals surface area (Å²) >= 11 is 3.48. The largest absolute Gasteiger partial charge is 0.384 e. The van der Waals surface area contributed by atoms with Gasteiger partial charge in [-0.25, -0.2) is 0 Å². The summed E-state index contributed by atoms with van der Waals surface area (Å²) in [5.74, 6) is -0.329.